The number of hydrogen-bond acceptors (Lipinski definition) is 2. The fraction of sp³-hybridized carbons (Fsp3) is 0.579. The molecule has 0 spiro atoms. The van der Waals surface area contributed by atoms with Crippen LogP contribution in [0.3, 0.4) is 0 Å². The van der Waals surface area contributed by atoms with Crippen LogP contribution in [0.5, 0.6) is 0 Å². The minimum Gasteiger partial charge on any atom is -0.343 e. The SMILES string of the molecule is C[C@@]1(c2ccccc2)CCC(=O)N(CCCN2CCCC2=O)C1. The first-order chi connectivity index (χ1) is 11.1. The molecule has 2 aliphatic rings. The maximum atomic E-state index is 12.3. The van der Waals surface area contributed by atoms with E-state index in [0.29, 0.717) is 12.8 Å². The van der Waals surface area contributed by atoms with Gasteiger partial charge in [0.15, 0.2) is 0 Å². The summed E-state index contributed by atoms with van der Waals surface area (Å²) in [6.45, 7) is 5.46. The van der Waals surface area contributed by atoms with Crippen LogP contribution in [0.15, 0.2) is 30.3 Å². The number of likely N-dealkylation sites (tertiary alicyclic amines) is 2. The van der Waals surface area contributed by atoms with Gasteiger partial charge in [0, 0.05) is 44.4 Å². The quantitative estimate of drug-likeness (QED) is 0.838. The van der Waals surface area contributed by atoms with E-state index in [0.717, 1.165) is 45.4 Å². The van der Waals surface area contributed by atoms with Gasteiger partial charge < -0.3 is 9.80 Å². The zero-order chi connectivity index (χ0) is 16.3. The van der Waals surface area contributed by atoms with E-state index in [9.17, 15) is 9.59 Å². The highest BCUT2D eigenvalue weighted by Gasteiger charge is 2.36. The van der Waals surface area contributed by atoms with Gasteiger partial charge in [-0.3, -0.25) is 9.59 Å². The average Bonchev–Trinajstić information content (AvgIpc) is 2.97. The molecule has 2 aliphatic heterocycles. The highest BCUT2D eigenvalue weighted by Crippen LogP contribution is 2.34. The molecule has 0 saturated carbocycles. The zero-order valence-electron chi connectivity index (χ0n) is 14.0. The van der Waals surface area contributed by atoms with Crippen LogP contribution in [0.25, 0.3) is 0 Å². The second kappa shape index (κ2) is 6.73. The van der Waals surface area contributed by atoms with E-state index in [4.69, 9.17) is 0 Å². The Hall–Kier alpha value is -1.84. The van der Waals surface area contributed by atoms with Crippen molar-refractivity contribution in [2.45, 2.75) is 44.4 Å². The molecule has 2 saturated heterocycles. The van der Waals surface area contributed by atoms with Crippen molar-refractivity contribution in [3.63, 3.8) is 0 Å². The predicted octanol–water partition coefficient (Wildman–Crippen LogP) is 2.58. The normalized spacial score (nSPS) is 25.3. The first-order valence-electron chi connectivity index (χ1n) is 8.70. The predicted molar refractivity (Wildman–Crippen MR) is 90.0 cm³/mol. The second-order valence-corrected chi connectivity index (χ2v) is 7.08. The molecule has 4 nitrogen and oxygen atoms in total. The molecule has 2 heterocycles. The lowest BCUT2D eigenvalue weighted by atomic mass is 9.75. The lowest BCUT2D eigenvalue weighted by Crippen LogP contribution is -2.48. The van der Waals surface area contributed by atoms with Crippen molar-refractivity contribution in [1.82, 2.24) is 9.80 Å². The van der Waals surface area contributed by atoms with Gasteiger partial charge in [0.25, 0.3) is 0 Å². The minimum atomic E-state index is 0.0403. The standard InChI is InChI=1S/C19H26N2O2/c1-19(16-7-3-2-4-8-16)11-10-18(23)21(15-19)14-6-13-20-12-5-9-17(20)22/h2-4,7-8H,5-6,9-15H2,1H3/t19-/m1/s1. The number of hydrogen-bond donors (Lipinski definition) is 0. The fourth-order valence-corrected chi connectivity index (χ4v) is 3.80. The summed E-state index contributed by atoms with van der Waals surface area (Å²) in [7, 11) is 0. The van der Waals surface area contributed by atoms with Crippen LogP contribution in [0, 0.1) is 0 Å². The molecule has 2 fully saturated rings. The molecule has 1 atom stereocenters. The number of nitrogens with zero attached hydrogens (tertiary/aromatic N) is 2. The number of amides is 2. The fourth-order valence-electron chi connectivity index (χ4n) is 3.80. The summed E-state index contributed by atoms with van der Waals surface area (Å²) < 4.78 is 0. The number of carbonyl (C=O) groups is 2. The Bertz CT molecular complexity index is 572. The van der Waals surface area contributed by atoms with E-state index in [-0.39, 0.29) is 17.2 Å². The first kappa shape index (κ1) is 16.0. The molecule has 0 aliphatic carbocycles. The van der Waals surface area contributed by atoms with Crippen LogP contribution in [0.1, 0.15) is 44.6 Å². The van der Waals surface area contributed by atoms with Crippen molar-refractivity contribution in [3.05, 3.63) is 35.9 Å². The van der Waals surface area contributed by atoms with Crippen molar-refractivity contribution in [2.75, 3.05) is 26.2 Å². The summed E-state index contributed by atoms with van der Waals surface area (Å²) in [5.74, 6) is 0.523. The Balaban J connectivity index is 1.58. The molecular weight excluding hydrogens is 288 g/mol. The van der Waals surface area contributed by atoms with Gasteiger partial charge in [-0.05, 0) is 24.8 Å². The smallest absolute Gasteiger partial charge is 0.222 e. The maximum absolute atomic E-state index is 12.3. The molecule has 23 heavy (non-hydrogen) atoms. The summed E-state index contributed by atoms with van der Waals surface area (Å²) in [5, 5.41) is 0. The van der Waals surface area contributed by atoms with Crippen LogP contribution in [-0.4, -0.2) is 47.8 Å². The third-order valence-electron chi connectivity index (χ3n) is 5.28. The highest BCUT2D eigenvalue weighted by molar-refractivity contribution is 5.78. The number of piperidine rings is 1. The van der Waals surface area contributed by atoms with E-state index in [1.54, 1.807) is 0 Å². The summed E-state index contributed by atoms with van der Waals surface area (Å²) >= 11 is 0. The van der Waals surface area contributed by atoms with Gasteiger partial charge in [-0.1, -0.05) is 37.3 Å². The molecule has 1 aromatic rings. The molecule has 0 unspecified atom stereocenters. The van der Waals surface area contributed by atoms with Gasteiger partial charge in [-0.25, -0.2) is 0 Å². The maximum Gasteiger partial charge on any atom is 0.222 e. The zero-order valence-corrected chi connectivity index (χ0v) is 14.0. The van der Waals surface area contributed by atoms with Crippen LogP contribution >= 0.6 is 0 Å². The van der Waals surface area contributed by atoms with E-state index in [2.05, 4.69) is 31.2 Å². The molecule has 0 aromatic heterocycles. The van der Waals surface area contributed by atoms with Gasteiger partial charge in [0.05, 0.1) is 0 Å². The monoisotopic (exact) mass is 314 g/mol. The highest BCUT2D eigenvalue weighted by atomic mass is 16.2. The summed E-state index contributed by atoms with van der Waals surface area (Å²) in [5.41, 5.74) is 1.35. The summed E-state index contributed by atoms with van der Waals surface area (Å²) in [6.07, 6.45) is 4.08. The Morgan fingerprint density at radius 1 is 1.00 bits per heavy atom. The molecule has 4 heteroatoms. The van der Waals surface area contributed by atoms with Crippen LogP contribution in [-0.2, 0) is 15.0 Å². The van der Waals surface area contributed by atoms with Gasteiger partial charge in [-0.15, -0.1) is 0 Å². The van der Waals surface area contributed by atoms with Crippen molar-refractivity contribution in [2.24, 2.45) is 0 Å². The molecule has 0 bridgehead atoms. The average molecular weight is 314 g/mol. The number of rotatable bonds is 5. The Labute approximate surface area is 138 Å². The molecule has 2 amide bonds. The number of carbonyl (C=O) groups excluding carboxylic acids is 2. The van der Waals surface area contributed by atoms with E-state index >= 15 is 0 Å². The largest absolute Gasteiger partial charge is 0.343 e. The van der Waals surface area contributed by atoms with Crippen LogP contribution < -0.4 is 0 Å². The summed E-state index contributed by atoms with van der Waals surface area (Å²) in [6, 6.07) is 10.5. The van der Waals surface area contributed by atoms with Gasteiger partial charge >= 0.3 is 0 Å². The van der Waals surface area contributed by atoms with E-state index < -0.39 is 0 Å². The van der Waals surface area contributed by atoms with Crippen LogP contribution in [0.4, 0.5) is 0 Å². The third-order valence-corrected chi connectivity index (χ3v) is 5.28. The second-order valence-electron chi connectivity index (χ2n) is 7.08. The van der Waals surface area contributed by atoms with Crippen LogP contribution in [0.2, 0.25) is 0 Å². The molecular formula is C19H26N2O2. The van der Waals surface area contributed by atoms with Gasteiger partial charge in [-0.2, -0.15) is 0 Å². The summed E-state index contributed by atoms with van der Waals surface area (Å²) in [4.78, 5) is 27.8. The lowest BCUT2D eigenvalue weighted by molar-refractivity contribution is -0.135. The minimum absolute atomic E-state index is 0.0403. The van der Waals surface area contributed by atoms with Crippen molar-refractivity contribution in [1.29, 1.82) is 0 Å². The van der Waals surface area contributed by atoms with E-state index in [1.807, 2.05) is 15.9 Å². The third kappa shape index (κ3) is 3.57. The van der Waals surface area contributed by atoms with Crippen molar-refractivity contribution in [3.8, 4) is 0 Å². The number of benzene rings is 1. The van der Waals surface area contributed by atoms with E-state index in [1.165, 1.54) is 5.56 Å². The molecule has 0 radical (unpaired) electrons. The first-order valence-corrected chi connectivity index (χ1v) is 8.70. The molecule has 124 valence electrons. The van der Waals surface area contributed by atoms with Crippen molar-refractivity contribution >= 4 is 11.8 Å². The Morgan fingerprint density at radius 3 is 2.39 bits per heavy atom. The Kier molecular flexibility index (Phi) is 4.69. The molecule has 3 rings (SSSR count). The molecule has 0 N–H and O–H groups in total. The topological polar surface area (TPSA) is 40.6 Å². The molecule has 1 aromatic carbocycles. The lowest BCUT2D eigenvalue weighted by Gasteiger charge is -2.41. The van der Waals surface area contributed by atoms with Crippen molar-refractivity contribution < 1.29 is 9.59 Å². The Morgan fingerprint density at radius 2 is 1.70 bits per heavy atom. The van der Waals surface area contributed by atoms with Gasteiger partial charge in [0.2, 0.25) is 11.8 Å². The van der Waals surface area contributed by atoms with Gasteiger partial charge in [0.1, 0.15) is 0 Å².